The highest BCUT2D eigenvalue weighted by molar-refractivity contribution is 5.86. The summed E-state index contributed by atoms with van der Waals surface area (Å²) in [4.78, 5) is 10.2. The molecule has 0 bridgehead atoms. The average Bonchev–Trinajstić information content (AvgIpc) is 2.05. The summed E-state index contributed by atoms with van der Waals surface area (Å²) in [6.45, 7) is 4.95. The van der Waals surface area contributed by atoms with Crippen LogP contribution in [0.3, 0.4) is 0 Å². The fourth-order valence-electron chi connectivity index (χ4n) is 0.208. The molecule has 0 saturated heterocycles. The smallest absolute Gasteiger partial charge is 0.332 e. The fourth-order valence-corrected chi connectivity index (χ4v) is 0.208. The Morgan fingerprint density at radius 1 is 1.75 bits per heavy atom. The number of carbonyl (C=O) groups excluding carboxylic acids is 1. The third-order valence-electron chi connectivity index (χ3n) is 0.658. The van der Waals surface area contributed by atoms with Gasteiger partial charge in [0.25, 0.3) is 0 Å². The van der Waals surface area contributed by atoms with E-state index in [1.54, 1.807) is 6.92 Å². The molecule has 0 radical (unpaired) electrons. The Kier molecular flexibility index (Phi) is 9.99. The molecule has 3 N–H and O–H groups in total. The molecule has 0 atom stereocenters. The molecule has 6 heteroatoms. The molecule has 0 aromatic carbocycles. The molecule has 0 aliphatic rings. The minimum atomic E-state index is -0.347. The first-order valence-electron chi connectivity index (χ1n) is 2.92. The van der Waals surface area contributed by atoms with E-state index in [1.807, 2.05) is 0 Å². The van der Waals surface area contributed by atoms with E-state index >= 15 is 0 Å². The first-order valence-corrected chi connectivity index (χ1v) is 2.92. The van der Waals surface area contributed by atoms with Crippen LogP contribution in [0.4, 0.5) is 0 Å². The van der Waals surface area contributed by atoms with E-state index in [-0.39, 0.29) is 5.97 Å². The molecule has 0 aliphatic carbocycles. The van der Waals surface area contributed by atoms with Gasteiger partial charge in [-0.1, -0.05) is 6.58 Å². The van der Waals surface area contributed by atoms with Gasteiger partial charge in [-0.2, -0.15) is 5.10 Å². The van der Waals surface area contributed by atoms with Crippen LogP contribution in [0.1, 0.15) is 6.92 Å². The van der Waals surface area contributed by atoms with E-state index < -0.39 is 0 Å². The zero-order chi connectivity index (χ0) is 9.98. The van der Waals surface area contributed by atoms with Crippen LogP contribution < -0.4 is 5.84 Å². The van der Waals surface area contributed by atoms with Crippen LogP contribution in [0.25, 0.3) is 0 Å². The van der Waals surface area contributed by atoms with Gasteiger partial charge in [-0.25, -0.2) is 10.3 Å². The fraction of sp³-hybridized carbons (Fsp3) is 0.333. The minimum Gasteiger partial charge on any atom is -0.466 e. The summed E-state index contributed by atoms with van der Waals surface area (Å²) in [6, 6.07) is 0. The number of hydrogen-bond acceptors (Lipinski definition) is 5. The van der Waals surface area contributed by atoms with Crippen molar-refractivity contribution in [3.8, 4) is 0 Å². The number of ether oxygens (including phenoxy) is 1. The van der Waals surface area contributed by atoms with Gasteiger partial charge in [0.15, 0.2) is 6.34 Å². The zero-order valence-corrected chi connectivity index (χ0v) is 7.07. The first-order chi connectivity index (χ1) is 5.59. The van der Waals surface area contributed by atoms with Crippen molar-refractivity contribution in [2.45, 2.75) is 6.92 Å². The molecule has 0 amide bonds. The third kappa shape index (κ3) is 11.1. The lowest BCUT2D eigenvalue weighted by Gasteiger charge is -1.91. The van der Waals surface area contributed by atoms with Crippen molar-refractivity contribution in [1.29, 1.82) is 5.53 Å². The molecule has 0 heterocycles. The van der Waals surface area contributed by atoms with Crippen molar-refractivity contribution >= 4 is 12.3 Å². The summed E-state index contributed by atoms with van der Waals surface area (Å²) in [5, 5.41) is 5.56. The molecule has 0 aliphatic heterocycles. The number of methoxy groups -OCH3 is 1. The van der Waals surface area contributed by atoms with Gasteiger partial charge in [0.2, 0.25) is 0 Å². The molecule has 0 aromatic rings. The van der Waals surface area contributed by atoms with E-state index in [9.17, 15) is 4.79 Å². The minimum absolute atomic E-state index is 0.347. The Balaban J connectivity index is 0. The molecule has 6 nitrogen and oxygen atoms in total. The van der Waals surface area contributed by atoms with Crippen molar-refractivity contribution in [2.75, 3.05) is 7.11 Å². The molecule has 0 saturated carbocycles. The Morgan fingerprint density at radius 2 is 2.25 bits per heavy atom. The zero-order valence-electron chi connectivity index (χ0n) is 7.07. The van der Waals surface area contributed by atoms with E-state index in [0.717, 1.165) is 6.34 Å². The maximum absolute atomic E-state index is 10.2. The van der Waals surface area contributed by atoms with Crippen LogP contribution in [0.5, 0.6) is 0 Å². The number of carbonyl (C=O) groups is 1. The van der Waals surface area contributed by atoms with E-state index in [1.165, 1.54) is 7.11 Å². The summed E-state index contributed by atoms with van der Waals surface area (Å²) in [7, 11) is 1.33. The van der Waals surface area contributed by atoms with Crippen molar-refractivity contribution in [3.05, 3.63) is 12.2 Å². The van der Waals surface area contributed by atoms with Crippen LogP contribution in [0.2, 0.25) is 0 Å². The molecular formula is C6H12N4O2. The van der Waals surface area contributed by atoms with Crippen molar-refractivity contribution in [3.63, 3.8) is 0 Å². The normalized spacial score (nSPS) is 8.17. The molecule has 0 fully saturated rings. The van der Waals surface area contributed by atoms with Gasteiger partial charge < -0.3 is 10.6 Å². The van der Waals surface area contributed by atoms with Gasteiger partial charge in [-0.05, 0) is 6.92 Å². The molecule has 12 heavy (non-hydrogen) atoms. The van der Waals surface area contributed by atoms with Gasteiger partial charge in [0, 0.05) is 5.57 Å². The maximum atomic E-state index is 10.2. The lowest BCUT2D eigenvalue weighted by atomic mass is 10.4. The molecule has 0 aromatic heterocycles. The maximum Gasteiger partial charge on any atom is 0.332 e. The van der Waals surface area contributed by atoms with Crippen LogP contribution >= 0.6 is 0 Å². The van der Waals surface area contributed by atoms with Gasteiger partial charge in [-0.15, -0.1) is 5.11 Å². The Morgan fingerprint density at radius 3 is 2.25 bits per heavy atom. The lowest BCUT2D eigenvalue weighted by molar-refractivity contribution is -0.136. The number of rotatable bonds is 2. The van der Waals surface area contributed by atoms with Gasteiger partial charge in [0.1, 0.15) is 0 Å². The predicted octanol–water partition coefficient (Wildman–Crippen LogP) is 0.655. The SMILES string of the molecule is C=C(C)C(=O)OC.N=NC=NN. The van der Waals surface area contributed by atoms with E-state index in [4.69, 9.17) is 5.53 Å². The summed E-state index contributed by atoms with van der Waals surface area (Å²) >= 11 is 0. The van der Waals surface area contributed by atoms with Crippen LogP contribution in [-0.4, -0.2) is 19.4 Å². The highest BCUT2D eigenvalue weighted by Crippen LogP contribution is 1.87. The van der Waals surface area contributed by atoms with Gasteiger partial charge in [0.05, 0.1) is 7.11 Å². The Bertz CT molecular complexity index is 188. The lowest BCUT2D eigenvalue weighted by Crippen LogP contribution is -1.98. The molecule has 0 rings (SSSR count). The molecule has 0 unspecified atom stereocenters. The second-order valence-electron chi connectivity index (χ2n) is 1.67. The third-order valence-corrected chi connectivity index (χ3v) is 0.658. The molecule has 0 spiro atoms. The largest absolute Gasteiger partial charge is 0.466 e. The van der Waals surface area contributed by atoms with Gasteiger partial charge in [-0.3, -0.25) is 0 Å². The highest BCUT2D eigenvalue weighted by Gasteiger charge is 1.95. The number of esters is 1. The second-order valence-corrected chi connectivity index (χ2v) is 1.67. The van der Waals surface area contributed by atoms with E-state index in [2.05, 4.69) is 27.4 Å². The number of nitrogens with zero attached hydrogens (tertiary/aromatic N) is 2. The van der Waals surface area contributed by atoms with Crippen molar-refractivity contribution in [2.24, 2.45) is 16.1 Å². The number of nitrogens with one attached hydrogen (secondary N) is 1. The topological polar surface area (TPSA) is 101 Å². The summed E-state index contributed by atoms with van der Waals surface area (Å²) in [6.07, 6.45) is 0.944. The summed E-state index contributed by atoms with van der Waals surface area (Å²) < 4.78 is 4.27. The van der Waals surface area contributed by atoms with Crippen molar-refractivity contribution in [1.82, 2.24) is 0 Å². The van der Waals surface area contributed by atoms with Gasteiger partial charge >= 0.3 is 5.97 Å². The Hall–Kier alpha value is -1.72. The summed E-state index contributed by atoms with van der Waals surface area (Å²) in [5.41, 5.74) is 6.43. The van der Waals surface area contributed by atoms with Crippen molar-refractivity contribution < 1.29 is 9.53 Å². The van der Waals surface area contributed by atoms with E-state index in [0.29, 0.717) is 5.57 Å². The quantitative estimate of drug-likeness (QED) is 0.122. The standard InChI is InChI=1S/C5H8O2.CH4N4/c1-4(2)5(6)7-3;2-4-1-5-3/h1H2,2-3H3;1-2H,3H2. The molecular weight excluding hydrogens is 160 g/mol. The predicted molar refractivity (Wildman–Crippen MR) is 44.7 cm³/mol. The number of hydrazone groups is 1. The summed E-state index contributed by atoms with van der Waals surface area (Å²) in [5.74, 6) is 4.15. The first kappa shape index (κ1) is 12.9. The number of nitrogens with two attached hydrogens (primary N) is 1. The molecule has 68 valence electrons. The monoisotopic (exact) mass is 172 g/mol. The number of hydrogen-bond donors (Lipinski definition) is 2. The second kappa shape index (κ2) is 9.28. The highest BCUT2D eigenvalue weighted by atomic mass is 16.5. The average molecular weight is 172 g/mol. The van der Waals surface area contributed by atoms with Crippen LogP contribution in [0.15, 0.2) is 22.4 Å². The van der Waals surface area contributed by atoms with Crippen LogP contribution in [-0.2, 0) is 9.53 Å². The van der Waals surface area contributed by atoms with Crippen LogP contribution in [0, 0.1) is 5.53 Å². The Labute approximate surface area is 70.6 Å².